The van der Waals surface area contributed by atoms with Crippen LogP contribution in [0.5, 0.6) is 0 Å². The zero-order chi connectivity index (χ0) is 16.8. The second-order valence-corrected chi connectivity index (χ2v) is 6.10. The van der Waals surface area contributed by atoms with Gasteiger partial charge in [-0.15, -0.1) is 0 Å². The number of nitrogens with one attached hydrogen (secondary N) is 1. The Balaban J connectivity index is 1.63. The SMILES string of the molecule is CCCCNc1cc(N2CCN(c3ccccn3)CC2)nc(C)n1. The minimum absolute atomic E-state index is 0.818. The molecule has 0 amide bonds. The molecule has 0 aliphatic carbocycles. The Morgan fingerprint density at radius 3 is 2.46 bits per heavy atom. The van der Waals surface area contributed by atoms with Gasteiger partial charge in [-0.05, 0) is 25.5 Å². The monoisotopic (exact) mass is 326 g/mol. The third-order valence-corrected chi connectivity index (χ3v) is 4.24. The average Bonchev–Trinajstić information content (AvgIpc) is 2.62. The van der Waals surface area contributed by atoms with Crippen molar-refractivity contribution in [3.63, 3.8) is 0 Å². The van der Waals surface area contributed by atoms with Gasteiger partial charge in [0.15, 0.2) is 0 Å². The quantitative estimate of drug-likeness (QED) is 0.824. The van der Waals surface area contributed by atoms with E-state index in [4.69, 9.17) is 0 Å². The van der Waals surface area contributed by atoms with E-state index in [0.29, 0.717) is 0 Å². The van der Waals surface area contributed by atoms with Crippen molar-refractivity contribution < 1.29 is 0 Å². The lowest BCUT2D eigenvalue weighted by Crippen LogP contribution is -2.47. The van der Waals surface area contributed by atoms with E-state index >= 15 is 0 Å². The molecule has 24 heavy (non-hydrogen) atoms. The summed E-state index contributed by atoms with van der Waals surface area (Å²) in [5.41, 5.74) is 0. The summed E-state index contributed by atoms with van der Waals surface area (Å²) in [5.74, 6) is 3.82. The minimum atomic E-state index is 0.818. The minimum Gasteiger partial charge on any atom is -0.370 e. The molecule has 3 heterocycles. The number of aromatic nitrogens is 3. The molecule has 1 saturated heterocycles. The van der Waals surface area contributed by atoms with Crippen LogP contribution in [0.3, 0.4) is 0 Å². The van der Waals surface area contributed by atoms with E-state index < -0.39 is 0 Å². The van der Waals surface area contributed by atoms with E-state index in [1.54, 1.807) is 0 Å². The first-order valence-corrected chi connectivity index (χ1v) is 8.77. The molecule has 0 radical (unpaired) electrons. The normalized spacial score (nSPS) is 14.8. The number of hydrogen-bond donors (Lipinski definition) is 1. The van der Waals surface area contributed by atoms with Crippen LogP contribution in [0.4, 0.5) is 17.5 Å². The molecule has 1 aliphatic heterocycles. The molecule has 6 nitrogen and oxygen atoms in total. The number of nitrogens with zero attached hydrogens (tertiary/aromatic N) is 5. The number of unbranched alkanes of at least 4 members (excludes halogenated alkanes) is 1. The molecular weight excluding hydrogens is 300 g/mol. The van der Waals surface area contributed by atoms with Crippen molar-refractivity contribution in [3.8, 4) is 0 Å². The lowest BCUT2D eigenvalue weighted by Gasteiger charge is -2.36. The molecule has 1 fully saturated rings. The van der Waals surface area contributed by atoms with Gasteiger partial charge in [-0.3, -0.25) is 0 Å². The van der Waals surface area contributed by atoms with Crippen molar-refractivity contribution in [3.05, 3.63) is 36.3 Å². The van der Waals surface area contributed by atoms with Gasteiger partial charge >= 0.3 is 0 Å². The molecule has 0 spiro atoms. The number of hydrogen-bond acceptors (Lipinski definition) is 6. The van der Waals surface area contributed by atoms with Crippen LogP contribution in [0.2, 0.25) is 0 Å². The van der Waals surface area contributed by atoms with Crippen LogP contribution in [0.1, 0.15) is 25.6 Å². The lowest BCUT2D eigenvalue weighted by atomic mass is 10.3. The first-order chi connectivity index (χ1) is 11.8. The Morgan fingerprint density at radius 2 is 1.79 bits per heavy atom. The summed E-state index contributed by atoms with van der Waals surface area (Å²) < 4.78 is 0. The molecule has 0 aromatic carbocycles. The maximum absolute atomic E-state index is 4.62. The number of rotatable bonds is 6. The second-order valence-electron chi connectivity index (χ2n) is 6.10. The predicted molar refractivity (Wildman–Crippen MR) is 98.8 cm³/mol. The van der Waals surface area contributed by atoms with E-state index in [9.17, 15) is 0 Å². The summed E-state index contributed by atoms with van der Waals surface area (Å²) in [4.78, 5) is 18.2. The Bertz CT molecular complexity index is 637. The maximum Gasteiger partial charge on any atom is 0.134 e. The highest BCUT2D eigenvalue weighted by molar-refractivity contribution is 5.51. The summed E-state index contributed by atoms with van der Waals surface area (Å²) >= 11 is 0. The topological polar surface area (TPSA) is 57.2 Å². The van der Waals surface area contributed by atoms with Gasteiger partial charge in [0, 0.05) is 45.0 Å². The van der Waals surface area contributed by atoms with Gasteiger partial charge in [-0.25, -0.2) is 15.0 Å². The van der Waals surface area contributed by atoms with Crippen molar-refractivity contribution in [2.75, 3.05) is 47.8 Å². The Kier molecular flexibility index (Phi) is 5.46. The van der Waals surface area contributed by atoms with Crippen molar-refractivity contribution in [2.45, 2.75) is 26.7 Å². The van der Waals surface area contributed by atoms with Gasteiger partial charge in [0.2, 0.25) is 0 Å². The van der Waals surface area contributed by atoms with Crippen LogP contribution >= 0.6 is 0 Å². The molecule has 0 saturated carbocycles. The molecule has 2 aromatic heterocycles. The predicted octanol–water partition coefficient (Wildman–Crippen LogP) is 2.72. The fourth-order valence-corrected chi connectivity index (χ4v) is 2.90. The van der Waals surface area contributed by atoms with Crippen LogP contribution in [0, 0.1) is 6.92 Å². The zero-order valence-corrected chi connectivity index (χ0v) is 14.6. The van der Waals surface area contributed by atoms with E-state index in [1.165, 1.54) is 6.42 Å². The molecular formula is C18H26N6. The number of aryl methyl sites for hydroxylation is 1. The summed E-state index contributed by atoms with van der Waals surface area (Å²) in [5, 5.41) is 3.40. The van der Waals surface area contributed by atoms with Crippen LogP contribution < -0.4 is 15.1 Å². The van der Waals surface area contributed by atoms with Crippen LogP contribution in [-0.4, -0.2) is 47.7 Å². The van der Waals surface area contributed by atoms with Gasteiger partial charge in [-0.1, -0.05) is 19.4 Å². The first kappa shape index (κ1) is 16.5. The summed E-state index contributed by atoms with van der Waals surface area (Å²) in [6, 6.07) is 8.13. The van der Waals surface area contributed by atoms with Crippen LogP contribution in [0.15, 0.2) is 30.5 Å². The molecule has 2 aromatic rings. The Labute approximate surface area is 143 Å². The van der Waals surface area contributed by atoms with Crippen molar-refractivity contribution in [1.29, 1.82) is 0 Å². The lowest BCUT2D eigenvalue weighted by molar-refractivity contribution is 0.640. The van der Waals surface area contributed by atoms with Gasteiger partial charge < -0.3 is 15.1 Å². The van der Waals surface area contributed by atoms with E-state index in [0.717, 1.165) is 62.4 Å². The zero-order valence-electron chi connectivity index (χ0n) is 14.6. The third-order valence-electron chi connectivity index (χ3n) is 4.24. The smallest absolute Gasteiger partial charge is 0.134 e. The standard InChI is InChI=1S/C18H26N6/c1-3-4-8-19-16-14-18(22-15(2)21-16)24-12-10-23(11-13-24)17-7-5-6-9-20-17/h5-7,9,14H,3-4,8,10-13H2,1-2H3,(H,19,21,22). The highest BCUT2D eigenvalue weighted by Gasteiger charge is 2.19. The third kappa shape index (κ3) is 4.13. The first-order valence-electron chi connectivity index (χ1n) is 8.77. The average molecular weight is 326 g/mol. The molecule has 6 heteroatoms. The van der Waals surface area contributed by atoms with Crippen molar-refractivity contribution in [1.82, 2.24) is 15.0 Å². The highest BCUT2D eigenvalue weighted by Crippen LogP contribution is 2.20. The fraction of sp³-hybridized carbons (Fsp3) is 0.500. The largest absolute Gasteiger partial charge is 0.370 e. The molecule has 0 unspecified atom stereocenters. The highest BCUT2D eigenvalue weighted by atomic mass is 15.3. The van der Waals surface area contributed by atoms with Crippen molar-refractivity contribution >= 4 is 17.5 Å². The van der Waals surface area contributed by atoms with Crippen LogP contribution in [-0.2, 0) is 0 Å². The van der Waals surface area contributed by atoms with Crippen LogP contribution in [0.25, 0.3) is 0 Å². The molecule has 1 N–H and O–H groups in total. The van der Waals surface area contributed by atoms with Crippen molar-refractivity contribution in [2.24, 2.45) is 0 Å². The summed E-state index contributed by atoms with van der Waals surface area (Å²) in [7, 11) is 0. The molecule has 0 atom stereocenters. The summed E-state index contributed by atoms with van der Waals surface area (Å²) in [6.45, 7) is 8.91. The van der Waals surface area contributed by atoms with E-state index in [1.807, 2.05) is 25.3 Å². The van der Waals surface area contributed by atoms with Gasteiger partial charge in [0.05, 0.1) is 0 Å². The Hall–Kier alpha value is -2.37. The molecule has 0 bridgehead atoms. The van der Waals surface area contributed by atoms with Gasteiger partial charge in [0.25, 0.3) is 0 Å². The van der Waals surface area contributed by atoms with Gasteiger partial charge in [-0.2, -0.15) is 0 Å². The summed E-state index contributed by atoms with van der Waals surface area (Å²) in [6.07, 6.45) is 4.18. The molecule has 128 valence electrons. The number of piperazine rings is 1. The number of anilines is 3. The second kappa shape index (κ2) is 7.95. The Morgan fingerprint density at radius 1 is 1.04 bits per heavy atom. The van der Waals surface area contributed by atoms with E-state index in [2.05, 4.69) is 49.1 Å². The van der Waals surface area contributed by atoms with E-state index in [-0.39, 0.29) is 0 Å². The number of pyridine rings is 1. The molecule has 3 rings (SSSR count). The molecule has 1 aliphatic rings. The van der Waals surface area contributed by atoms with Gasteiger partial charge in [0.1, 0.15) is 23.3 Å². The maximum atomic E-state index is 4.62. The fourth-order valence-electron chi connectivity index (χ4n) is 2.90.